The van der Waals surface area contributed by atoms with Crippen molar-refractivity contribution in [2.45, 2.75) is 26.4 Å². The van der Waals surface area contributed by atoms with Gasteiger partial charge in [-0.05, 0) is 20.8 Å². The summed E-state index contributed by atoms with van der Waals surface area (Å²) >= 11 is 0. The zero-order valence-electron chi connectivity index (χ0n) is 10.9. The Bertz CT molecular complexity index is 289. The molecule has 5 nitrogen and oxygen atoms in total. The Kier molecular flexibility index (Phi) is 4.51. The number of hydrogen-bond acceptors (Lipinski definition) is 4. The molecule has 0 bridgehead atoms. The van der Waals surface area contributed by atoms with Crippen LogP contribution in [-0.4, -0.2) is 60.0 Å². The van der Waals surface area contributed by atoms with Crippen LogP contribution in [0.1, 0.15) is 20.8 Å². The van der Waals surface area contributed by atoms with Crippen molar-refractivity contribution in [2.75, 3.05) is 32.7 Å². The van der Waals surface area contributed by atoms with Crippen molar-refractivity contribution in [2.24, 2.45) is 0 Å². The number of carbonyl (C=O) groups is 2. The third kappa shape index (κ3) is 5.17. The Labute approximate surface area is 103 Å². The molecule has 1 aliphatic heterocycles. The molecule has 0 N–H and O–H groups in total. The number of ketones is 1. The van der Waals surface area contributed by atoms with Crippen molar-refractivity contribution >= 4 is 11.9 Å². The molecule has 0 unspecified atom stereocenters. The van der Waals surface area contributed by atoms with Crippen LogP contribution in [0.2, 0.25) is 0 Å². The maximum Gasteiger partial charge on any atom is 0.410 e. The molecule has 17 heavy (non-hydrogen) atoms. The van der Waals surface area contributed by atoms with E-state index in [0.717, 1.165) is 0 Å². The van der Waals surface area contributed by atoms with Gasteiger partial charge in [-0.25, -0.2) is 4.79 Å². The summed E-state index contributed by atoms with van der Waals surface area (Å²) in [6.07, 6.45) is -0.280. The quantitative estimate of drug-likeness (QED) is 0.722. The number of piperazine rings is 1. The fourth-order valence-electron chi connectivity index (χ4n) is 1.66. The lowest BCUT2D eigenvalue weighted by atomic mass is 10.2. The molecule has 0 aromatic carbocycles. The van der Waals surface area contributed by atoms with Gasteiger partial charge < -0.3 is 9.64 Å². The summed E-state index contributed by atoms with van der Waals surface area (Å²) in [6.45, 7) is 11.9. The fourth-order valence-corrected chi connectivity index (χ4v) is 1.66. The third-order valence-electron chi connectivity index (χ3n) is 2.42. The smallest absolute Gasteiger partial charge is 0.410 e. The number of hydrogen-bond donors (Lipinski definition) is 0. The van der Waals surface area contributed by atoms with E-state index in [1.54, 1.807) is 4.90 Å². The van der Waals surface area contributed by atoms with Gasteiger partial charge in [-0.3, -0.25) is 9.69 Å². The maximum atomic E-state index is 11.7. The van der Waals surface area contributed by atoms with E-state index < -0.39 is 5.60 Å². The summed E-state index contributed by atoms with van der Waals surface area (Å²) in [7, 11) is 0. The van der Waals surface area contributed by atoms with E-state index in [4.69, 9.17) is 4.74 Å². The summed E-state index contributed by atoms with van der Waals surface area (Å²) in [5.41, 5.74) is -0.461. The predicted octanol–water partition coefficient (Wildman–Crippen LogP) is 0.942. The van der Waals surface area contributed by atoms with E-state index in [0.29, 0.717) is 32.7 Å². The summed E-state index contributed by atoms with van der Waals surface area (Å²) < 4.78 is 5.28. The molecular formula is C12H21N2O3. The Morgan fingerprint density at radius 3 is 2.12 bits per heavy atom. The van der Waals surface area contributed by atoms with Crippen molar-refractivity contribution in [1.29, 1.82) is 0 Å². The van der Waals surface area contributed by atoms with Crippen LogP contribution in [0, 0.1) is 6.92 Å². The van der Waals surface area contributed by atoms with Crippen LogP contribution < -0.4 is 0 Å². The average molecular weight is 241 g/mol. The summed E-state index contributed by atoms with van der Waals surface area (Å²) in [5, 5.41) is 0. The molecule has 0 aromatic heterocycles. The molecule has 1 saturated heterocycles. The molecule has 1 heterocycles. The molecule has 5 heteroatoms. The molecule has 1 radical (unpaired) electrons. The molecule has 1 aliphatic rings. The minimum atomic E-state index is -0.461. The Balaban J connectivity index is 2.36. The SMILES string of the molecule is [CH2]C(=O)CN1CCN(C(=O)OC(C)(C)C)CC1. The molecular weight excluding hydrogens is 220 g/mol. The highest BCUT2D eigenvalue weighted by molar-refractivity contribution is 5.84. The number of amides is 1. The average Bonchev–Trinajstić information content (AvgIpc) is 2.15. The first-order valence-corrected chi connectivity index (χ1v) is 5.83. The van der Waals surface area contributed by atoms with Crippen molar-refractivity contribution in [3.63, 3.8) is 0 Å². The Morgan fingerprint density at radius 2 is 1.71 bits per heavy atom. The van der Waals surface area contributed by atoms with Gasteiger partial charge in [0.15, 0.2) is 0 Å². The number of carbonyl (C=O) groups excluding carboxylic acids is 2. The van der Waals surface area contributed by atoms with Gasteiger partial charge in [0, 0.05) is 33.1 Å². The normalized spacial score (nSPS) is 18.0. The highest BCUT2D eigenvalue weighted by Crippen LogP contribution is 2.11. The minimum absolute atomic E-state index is 0.0873. The van der Waals surface area contributed by atoms with E-state index in [2.05, 4.69) is 6.92 Å². The van der Waals surface area contributed by atoms with Crippen molar-refractivity contribution < 1.29 is 14.3 Å². The predicted molar refractivity (Wildman–Crippen MR) is 64.6 cm³/mol. The largest absolute Gasteiger partial charge is 0.444 e. The van der Waals surface area contributed by atoms with Crippen molar-refractivity contribution in [3.05, 3.63) is 6.92 Å². The van der Waals surface area contributed by atoms with Crippen LogP contribution >= 0.6 is 0 Å². The second-order valence-electron chi connectivity index (χ2n) is 5.28. The summed E-state index contributed by atoms with van der Waals surface area (Å²) in [6, 6.07) is 0. The lowest BCUT2D eigenvalue weighted by Crippen LogP contribution is -2.50. The molecule has 0 saturated carbocycles. The zero-order chi connectivity index (χ0) is 13.1. The zero-order valence-corrected chi connectivity index (χ0v) is 10.9. The van der Waals surface area contributed by atoms with Crippen LogP contribution in [0.15, 0.2) is 0 Å². The van der Waals surface area contributed by atoms with Crippen molar-refractivity contribution in [3.8, 4) is 0 Å². The van der Waals surface area contributed by atoms with Crippen LogP contribution in [0.5, 0.6) is 0 Å². The topological polar surface area (TPSA) is 49.9 Å². The van der Waals surface area contributed by atoms with Gasteiger partial charge in [0.25, 0.3) is 0 Å². The van der Waals surface area contributed by atoms with Gasteiger partial charge in [0.2, 0.25) is 0 Å². The van der Waals surface area contributed by atoms with E-state index in [9.17, 15) is 9.59 Å². The summed E-state index contributed by atoms with van der Waals surface area (Å²) in [4.78, 5) is 26.3. The number of rotatable bonds is 2. The molecule has 97 valence electrons. The van der Waals surface area contributed by atoms with E-state index >= 15 is 0 Å². The number of nitrogens with zero attached hydrogens (tertiary/aromatic N) is 2. The van der Waals surface area contributed by atoms with Gasteiger partial charge in [0.1, 0.15) is 11.4 Å². The van der Waals surface area contributed by atoms with E-state index in [-0.39, 0.29) is 11.9 Å². The van der Waals surface area contributed by atoms with Crippen LogP contribution in [0.3, 0.4) is 0 Å². The van der Waals surface area contributed by atoms with Gasteiger partial charge in [0.05, 0.1) is 6.54 Å². The lowest BCUT2D eigenvalue weighted by molar-refractivity contribution is -0.116. The van der Waals surface area contributed by atoms with Gasteiger partial charge in [-0.2, -0.15) is 0 Å². The molecule has 0 aromatic rings. The van der Waals surface area contributed by atoms with E-state index in [1.807, 2.05) is 25.7 Å². The van der Waals surface area contributed by atoms with Crippen LogP contribution in [-0.2, 0) is 9.53 Å². The molecule has 1 rings (SSSR count). The minimum Gasteiger partial charge on any atom is -0.444 e. The third-order valence-corrected chi connectivity index (χ3v) is 2.42. The number of ether oxygens (including phenoxy) is 1. The number of Topliss-reactive ketones (excluding diaryl/α,β-unsaturated/α-hetero) is 1. The Hall–Kier alpha value is -1.10. The van der Waals surface area contributed by atoms with Crippen molar-refractivity contribution in [1.82, 2.24) is 9.80 Å². The van der Waals surface area contributed by atoms with Gasteiger partial charge >= 0.3 is 6.09 Å². The standard InChI is InChI=1S/C12H21N2O3/c1-10(15)9-13-5-7-14(8-6-13)11(16)17-12(2,3)4/h1,5-9H2,2-4H3. The van der Waals surface area contributed by atoms with Gasteiger partial charge in [-0.15, -0.1) is 0 Å². The highest BCUT2D eigenvalue weighted by Gasteiger charge is 2.25. The molecule has 1 amide bonds. The summed E-state index contributed by atoms with van der Waals surface area (Å²) in [5.74, 6) is -0.0873. The Morgan fingerprint density at radius 1 is 1.18 bits per heavy atom. The second kappa shape index (κ2) is 5.49. The molecule has 0 aliphatic carbocycles. The first-order chi connectivity index (χ1) is 7.78. The van der Waals surface area contributed by atoms with Gasteiger partial charge in [-0.1, -0.05) is 0 Å². The second-order valence-corrected chi connectivity index (χ2v) is 5.28. The van der Waals surface area contributed by atoms with Crippen LogP contribution in [0.4, 0.5) is 4.79 Å². The first kappa shape index (κ1) is 14.0. The monoisotopic (exact) mass is 241 g/mol. The molecule has 1 fully saturated rings. The lowest BCUT2D eigenvalue weighted by Gasteiger charge is -2.35. The molecule has 0 atom stereocenters. The fraction of sp³-hybridized carbons (Fsp3) is 0.750. The first-order valence-electron chi connectivity index (χ1n) is 5.83. The molecule has 0 spiro atoms. The van der Waals surface area contributed by atoms with Crippen LogP contribution in [0.25, 0.3) is 0 Å². The highest BCUT2D eigenvalue weighted by atomic mass is 16.6. The van der Waals surface area contributed by atoms with E-state index in [1.165, 1.54) is 0 Å². The maximum absolute atomic E-state index is 11.7.